The van der Waals surface area contributed by atoms with Gasteiger partial charge in [0, 0.05) is 21.3 Å². The number of anilines is 1. The van der Waals surface area contributed by atoms with Crippen LogP contribution in [0.3, 0.4) is 0 Å². The molecule has 0 bridgehead atoms. The minimum Gasteiger partial charge on any atom is -0.496 e. The van der Waals surface area contributed by atoms with Gasteiger partial charge in [0.2, 0.25) is 0 Å². The zero-order valence-corrected chi connectivity index (χ0v) is 16.8. The highest BCUT2D eigenvalue weighted by Crippen LogP contribution is 2.20. The van der Waals surface area contributed by atoms with Crippen LogP contribution in [-0.4, -0.2) is 18.8 Å². The number of rotatable bonds is 6. The molecule has 0 saturated heterocycles. The Morgan fingerprint density at radius 3 is 2.32 bits per heavy atom. The second kappa shape index (κ2) is 9.15. The highest BCUT2D eigenvalue weighted by Gasteiger charge is 2.10. The van der Waals surface area contributed by atoms with Crippen molar-refractivity contribution in [3.63, 3.8) is 0 Å². The van der Waals surface area contributed by atoms with E-state index in [1.807, 2.05) is 36.4 Å². The molecule has 0 fully saturated rings. The molecule has 0 saturated carbocycles. The number of benzene rings is 3. The summed E-state index contributed by atoms with van der Waals surface area (Å²) in [5.74, 6) is 0.355. The van der Waals surface area contributed by atoms with E-state index in [1.54, 1.807) is 49.6 Å². The van der Waals surface area contributed by atoms with Gasteiger partial charge < -0.3 is 10.1 Å². The van der Waals surface area contributed by atoms with Gasteiger partial charge in [-0.2, -0.15) is 0 Å². The molecule has 3 aromatic carbocycles. The number of carbonyl (C=O) groups is 2. The van der Waals surface area contributed by atoms with Crippen LogP contribution in [0.15, 0.2) is 83.3 Å². The highest BCUT2D eigenvalue weighted by atomic mass is 79.9. The number of ketones is 1. The zero-order chi connectivity index (χ0) is 19.9. The van der Waals surface area contributed by atoms with Gasteiger partial charge in [0.1, 0.15) is 5.75 Å². The maximum absolute atomic E-state index is 12.4. The van der Waals surface area contributed by atoms with E-state index in [-0.39, 0.29) is 11.7 Å². The van der Waals surface area contributed by atoms with Crippen molar-refractivity contribution in [2.45, 2.75) is 0 Å². The van der Waals surface area contributed by atoms with Crippen molar-refractivity contribution in [3.05, 3.63) is 100 Å². The summed E-state index contributed by atoms with van der Waals surface area (Å²) >= 11 is 3.37. The average molecular weight is 436 g/mol. The Hall–Kier alpha value is -3.18. The Bertz CT molecular complexity index is 1030. The lowest BCUT2D eigenvalue weighted by Gasteiger charge is -2.07. The maximum atomic E-state index is 12.4. The molecular weight excluding hydrogens is 418 g/mol. The number of methoxy groups -OCH3 is 1. The minimum atomic E-state index is -0.220. The Morgan fingerprint density at radius 1 is 0.929 bits per heavy atom. The fourth-order valence-electron chi connectivity index (χ4n) is 2.63. The molecule has 5 heteroatoms. The molecule has 0 aliphatic carbocycles. The predicted molar refractivity (Wildman–Crippen MR) is 115 cm³/mol. The van der Waals surface area contributed by atoms with Crippen LogP contribution in [-0.2, 0) is 0 Å². The average Bonchev–Trinajstić information content (AvgIpc) is 2.73. The van der Waals surface area contributed by atoms with Gasteiger partial charge in [0.15, 0.2) is 5.78 Å². The van der Waals surface area contributed by atoms with Crippen molar-refractivity contribution in [3.8, 4) is 5.75 Å². The summed E-state index contributed by atoms with van der Waals surface area (Å²) < 4.78 is 6.00. The molecule has 0 spiro atoms. The Morgan fingerprint density at radius 2 is 1.61 bits per heavy atom. The Kier molecular flexibility index (Phi) is 6.40. The Balaban J connectivity index is 1.68. The van der Waals surface area contributed by atoms with Gasteiger partial charge >= 0.3 is 0 Å². The van der Waals surface area contributed by atoms with E-state index in [9.17, 15) is 9.59 Å². The van der Waals surface area contributed by atoms with Crippen molar-refractivity contribution in [1.29, 1.82) is 0 Å². The number of amides is 1. The standard InChI is InChI=1S/C23H18BrNO3/c1-28-22-9-5-2-6-17(22)12-15-21(26)16-10-13-18(14-11-16)25-23(27)19-7-3-4-8-20(19)24/h2-15H,1H3,(H,25,27). The molecule has 0 unspecified atom stereocenters. The van der Waals surface area contributed by atoms with Crippen molar-refractivity contribution in [1.82, 2.24) is 0 Å². The molecule has 28 heavy (non-hydrogen) atoms. The number of ether oxygens (including phenoxy) is 1. The van der Waals surface area contributed by atoms with Crippen LogP contribution in [0.2, 0.25) is 0 Å². The smallest absolute Gasteiger partial charge is 0.256 e. The molecule has 0 radical (unpaired) electrons. The van der Waals surface area contributed by atoms with Crippen LogP contribution in [0.1, 0.15) is 26.3 Å². The molecule has 0 heterocycles. The third-order valence-electron chi connectivity index (χ3n) is 4.10. The summed E-state index contributed by atoms with van der Waals surface area (Å²) in [7, 11) is 1.59. The van der Waals surface area contributed by atoms with Crippen LogP contribution in [0.5, 0.6) is 5.75 Å². The largest absolute Gasteiger partial charge is 0.496 e. The van der Waals surface area contributed by atoms with Crippen molar-refractivity contribution >= 4 is 39.4 Å². The fourth-order valence-corrected chi connectivity index (χ4v) is 3.09. The first kappa shape index (κ1) is 19.6. The van der Waals surface area contributed by atoms with Crippen molar-refractivity contribution in [2.75, 3.05) is 12.4 Å². The quantitative estimate of drug-likeness (QED) is 0.404. The lowest BCUT2D eigenvalue weighted by atomic mass is 10.1. The first-order chi connectivity index (χ1) is 13.6. The molecule has 0 aromatic heterocycles. The van der Waals surface area contributed by atoms with E-state index in [1.165, 1.54) is 6.08 Å². The second-order valence-corrected chi connectivity index (χ2v) is 6.81. The molecule has 3 rings (SSSR count). The van der Waals surface area contributed by atoms with Gasteiger partial charge in [-0.3, -0.25) is 9.59 Å². The predicted octanol–water partition coefficient (Wildman–Crippen LogP) is 5.61. The van der Waals surface area contributed by atoms with Crippen LogP contribution < -0.4 is 10.1 Å². The van der Waals surface area contributed by atoms with Gasteiger partial charge in [-0.25, -0.2) is 0 Å². The molecule has 140 valence electrons. The van der Waals surface area contributed by atoms with Crippen molar-refractivity contribution in [2.24, 2.45) is 0 Å². The third-order valence-corrected chi connectivity index (χ3v) is 4.79. The molecular formula is C23H18BrNO3. The Labute approximate surface area is 172 Å². The number of hydrogen-bond acceptors (Lipinski definition) is 3. The van der Waals surface area contributed by atoms with E-state index in [0.29, 0.717) is 22.6 Å². The maximum Gasteiger partial charge on any atom is 0.256 e. The SMILES string of the molecule is COc1ccccc1C=CC(=O)c1ccc(NC(=O)c2ccccc2Br)cc1. The molecule has 0 aliphatic rings. The summed E-state index contributed by atoms with van der Waals surface area (Å²) in [4.78, 5) is 24.7. The summed E-state index contributed by atoms with van der Waals surface area (Å²) in [5, 5.41) is 2.82. The van der Waals surface area contributed by atoms with Gasteiger partial charge in [-0.05, 0) is 70.5 Å². The number of allylic oxidation sites excluding steroid dienone is 1. The van der Waals surface area contributed by atoms with Crippen LogP contribution >= 0.6 is 15.9 Å². The lowest BCUT2D eigenvalue weighted by Crippen LogP contribution is -2.12. The molecule has 0 aliphatic heterocycles. The minimum absolute atomic E-state index is 0.130. The van der Waals surface area contributed by atoms with Gasteiger partial charge in [-0.1, -0.05) is 30.3 Å². The van der Waals surface area contributed by atoms with Crippen molar-refractivity contribution < 1.29 is 14.3 Å². The number of halogens is 1. The molecule has 1 N–H and O–H groups in total. The van der Waals surface area contributed by atoms with Crippen LogP contribution in [0.4, 0.5) is 5.69 Å². The van der Waals surface area contributed by atoms with E-state index in [2.05, 4.69) is 21.2 Å². The number of hydrogen-bond donors (Lipinski definition) is 1. The molecule has 0 atom stereocenters. The summed E-state index contributed by atoms with van der Waals surface area (Å²) in [6.45, 7) is 0. The van der Waals surface area contributed by atoms with E-state index < -0.39 is 0 Å². The van der Waals surface area contributed by atoms with Crippen LogP contribution in [0, 0.1) is 0 Å². The topological polar surface area (TPSA) is 55.4 Å². The normalized spacial score (nSPS) is 10.6. The highest BCUT2D eigenvalue weighted by molar-refractivity contribution is 9.10. The van der Waals surface area contributed by atoms with Gasteiger partial charge in [0.25, 0.3) is 5.91 Å². The zero-order valence-electron chi connectivity index (χ0n) is 15.2. The molecule has 1 amide bonds. The van der Waals surface area contributed by atoms with E-state index in [4.69, 9.17) is 4.74 Å². The number of para-hydroxylation sites is 1. The number of carbonyl (C=O) groups excluding carboxylic acids is 2. The van der Waals surface area contributed by atoms with E-state index >= 15 is 0 Å². The third kappa shape index (κ3) is 4.75. The summed E-state index contributed by atoms with van der Waals surface area (Å²) in [6, 6.07) is 21.5. The molecule has 3 aromatic rings. The van der Waals surface area contributed by atoms with Gasteiger partial charge in [-0.15, -0.1) is 0 Å². The van der Waals surface area contributed by atoms with E-state index in [0.717, 1.165) is 10.0 Å². The monoisotopic (exact) mass is 435 g/mol. The van der Waals surface area contributed by atoms with Crippen LogP contribution in [0.25, 0.3) is 6.08 Å². The fraction of sp³-hybridized carbons (Fsp3) is 0.0435. The van der Waals surface area contributed by atoms with Gasteiger partial charge in [0.05, 0.1) is 12.7 Å². The first-order valence-electron chi connectivity index (χ1n) is 8.60. The second-order valence-electron chi connectivity index (χ2n) is 5.95. The number of nitrogens with one attached hydrogen (secondary N) is 1. The summed E-state index contributed by atoms with van der Waals surface area (Å²) in [6.07, 6.45) is 3.23. The first-order valence-corrected chi connectivity index (χ1v) is 9.39. The molecule has 4 nitrogen and oxygen atoms in total. The lowest BCUT2D eigenvalue weighted by molar-refractivity contribution is 0.102. The summed E-state index contributed by atoms with van der Waals surface area (Å²) in [5.41, 5.74) is 2.52.